The number of carbonyl (C=O) groups is 2. The Labute approximate surface area is 139 Å². The van der Waals surface area contributed by atoms with E-state index in [2.05, 4.69) is 5.10 Å². The van der Waals surface area contributed by atoms with E-state index in [9.17, 15) is 14.0 Å². The van der Waals surface area contributed by atoms with Crippen molar-refractivity contribution in [3.05, 3.63) is 47.5 Å². The van der Waals surface area contributed by atoms with Crippen molar-refractivity contribution in [3.63, 3.8) is 0 Å². The predicted molar refractivity (Wildman–Crippen MR) is 86.7 cm³/mol. The summed E-state index contributed by atoms with van der Waals surface area (Å²) in [5.41, 5.74) is 1.78. The molecule has 0 fully saturated rings. The minimum absolute atomic E-state index is 0.110. The molecule has 1 atom stereocenters. The summed E-state index contributed by atoms with van der Waals surface area (Å²) in [7, 11) is 1.57. The number of hydrogen-bond donors (Lipinski definition) is 1. The van der Waals surface area contributed by atoms with E-state index < -0.39 is 11.9 Å². The highest BCUT2D eigenvalue weighted by Crippen LogP contribution is 2.18. The summed E-state index contributed by atoms with van der Waals surface area (Å²) in [5, 5.41) is 13.2. The number of nitrogens with zero attached hydrogens (tertiary/aromatic N) is 3. The Balaban J connectivity index is 2.29. The van der Waals surface area contributed by atoms with Crippen LogP contribution in [0.15, 0.2) is 30.5 Å². The van der Waals surface area contributed by atoms with E-state index in [0.717, 1.165) is 0 Å². The molecule has 2 aromatic rings. The van der Waals surface area contributed by atoms with Gasteiger partial charge in [-0.05, 0) is 30.7 Å². The molecule has 1 amide bonds. The van der Waals surface area contributed by atoms with Crippen molar-refractivity contribution in [3.8, 4) is 5.69 Å². The third-order valence-electron chi connectivity index (χ3n) is 3.82. The maximum atomic E-state index is 13.1. The van der Waals surface area contributed by atoms with Crippen LogP contribution in [-0.2, 0) is 11.2 Å². The van der Waals surface area contributed by atoms with Gasteiger partial charge in [-0.3, -0.25) is 9.59 Å². The molecule has 1 aromatic carbocycles. The summed E-state index contributed by atoms with van der Waals surface area (Å²) in [4.78, 5) is 24.9. The first-order valence-electron chi connectivity index (χ1n) is 7.66. The van der Waals surface area contributed by atoms with Crippen LogP contribution in [0.2, 0.25) is 0 Å². The molecule has 0 aliphatic rings. The average Bonchev–Trinajstić information content (AvgIpc) is 2.98. The Hall–Kier alpha value is -2.70. The Kier molecular flexibility index (Phi) is 5.33. The van der Waals surface area contributed by atoms with Crippen LogP contribution in [0, 0.1) is 11.7 Å². The van der Waals surface area contributed by atoms with E-state index in [0.29, 0.717) is 23.4 Å². The number of carboxylic acid groups (broad SMARTS) is 1. The molecular formula is C17H20FN3O3. The number of amides is 1. The summed E-state index contributed by atoms with van der Waals surface area (Å²) in [6.07, 6.45) is 2.02. The smallest absolute Gasteiger partial charge is 0.308 e. The van der Waals surface area contributed by atoms with Gasteiger partial charge in [0.25, 0.3) is 5.91 Å². The van der Waals surface area contributed by atoms with E-state index in [1.165, 1.54) is 23.2 Å². The molecule has 0 radical (unpaired) electrons. The second-order valence-electron chi connectivity index (χ2n) is 5.67. The molecular weight excluding hydrogens is 313 g/mol. The zero-order chi connectivity index (χ0) is 17.9. The minimum atomic E-state index is -0.952. The van der Waals surface area contributed by atoms with Crippen LogP contribution in [-0.4, -0.2) is 45.3 Å². The number of carboxylic acids is 1. The fourth-order valence-corrected chi connectivity index (χ4v) is 2.47. The molecule has 6 nitrogen and oxygen atoms in total. The fourth-order valence-electron chi connectivity index (χ4n) is 2.47. The lowest BCUT2D eigenvalue weighted by atomic mass is 10.1. The quantitative estimate of drug-likeness (QED) is 0.880. The van der Waals surface area contributed by atoms with Gasteiger partial charge in [0.05, 0.1) is 29.1 Å². The fraction of sp³-hybridized carbons (Fsp3) is 0.353. The summed E-state index contributed by atoms with van der Waals surface area (Å²) in [6.45, 7) is 3.56. The third kappa shape index (κ3) is 3.61. The molecule has 2 rings (SSSR count). The Bertz CT molecular complexity index is 740. The summed E-state index contributed by atoms with van der Waals surface area (Å²) in [6, 6.07) is 5.84. The largest absolute Gasteiger partial charge is 0.481 e. The first kappa shape index (κ1) is 17.7. The van der Waals surface area contributed by atoms with Crippen molar-refractivity contribution in [2.45, 2.75) is 20.3 Å². The highest BCUT2D eigenvalue weighted by molar-refractivity contribution is 5.95. The standard InChI is InChI=1S/C17H20FN3O3/c1-4-15-14(16(22)20(3)10-11(2)17(23)24)9-19-21(15)13-7-5-12(18)6-8-13/h5-9,11H,4,10H2,1-3H3,(H,23,24). The molecule has 1 unspecified atom stereocenters. The van der Waals surface area contributed by atoms with Crippen LogP contribution in [0.1, 0.15) is 29.9 Å². The Morgan fingerprint density at radius 2 is 1.96 bits per heavy atom. The van der Waals surface area contributed by atoms with Crippen molar-refractivity contribution in [1.29, 1.82) is 0 Å². The van der Waals surface area contributed by atoms with Crippen molar-refractivity contribution in [2.24, 2.45) is 5.92 Å². The highest BCUT2D eigenvalue weighted by Gasteiger charge is 2.23. The van der Waals surface area contributed by atoms with Crippen molar-refractivity contribution in [2.75, 3.05) is 13.6 Å². The van der Waals surface area contributed by atoms with E-state index >= 15 is 0 Å². The molecule has 0 spiro atoms. The molecule has 1 N–H and O–H groups in total. The van der Waals surface area contributed by atoms with Gasteiger partial charge in [0.1, 0.15) is 5.82 Å². The van der Waals surface area contributed by atoms with Crippen molar-refractivity contribution < 1.29 is 19.1 Å². The lowest BCUT2D eigenvalue weighted by Crippen LogP contribution is -2.34. The first-order valence-corrected chi connectivity index (χ1v) is 7.66. The van der Waals surface area contributed by atoms with Gasteiger partial charge < -0.3 is 10.0 Å². The van der Waals surface area contributed by atoms with E-state index in [4.69, 9.17) is 5.11 Å². The first-order chi connectivity index (χ1) is 11.3. The maximum absolute atomic E-state index is 13.1. The van der Waals surface area contributed by atoms with Crippen molar-refractivity contribution in [1.82, 2.24) is 14.7 Å². The third-order valence-corrected chi connectivity index (χ3v) is 3.82. The average molecular weight is 333 g/mol. The van der Waals surface area contributed by atoms with Gasteiger partial charge in [-0.15, -0.1) is 0 Å². The normalized spacial score (nSPS) is 12.0. The Morgan fingerprint density at radius 1 is 1.33 bits per heavy atom. The topological polar surface area (TPSA) is 75.4 Å². The van der Waals surface area contributed by atoms with Gasteiger partial charge in [-0.2, -0.15) is 5.10 Å². The molecule has 128 valence electrons. The van der Waals surface area contributed by atoms with Crippen LogP contribution in [0.5, 0.6) is 0 Å². The molecule has 0 bridgehead atoms. The van der Waals surface area contributed by atoms with Crippen LogP contribution in [0.3, 0.4) is 0 Å². The number of aromatic nitrogens is 2. The lowest BCUT2D eigenvalue weighted by Gasteiger charge is -2.19. The molecule has 0 saturated heterocycles. The number of aliphatic carboxylic acids is 1. The molecule has 7 heteroatoms. The Morgan fingerprint density at radius 3 is 2.50 bits per heavy atom. The van der Waals surface area contributed by atoms with Crippen LogP contribution >= 0.6 is 0 Å². The maximum Gasteiger partial charge on any atom is 0.308 e. The van der Waals surface area contributed by atoms with Gasteiger partial charge in [0.2, 0.25) is 0 Å². The van der Waals surface area contributed by atoms with Gasteiger partial charge in [-0.25, -0.2) is 9.07 Å². The van der Waals surface area contributed by atoms with Gasteiger partial charge in [0.15, 0.2) is 0 Å². The zero-order valence-electron chi connectivity index (χ0n) is 13.9. The number of benzene rings is 1. The second kappa shape index (κ2) is 7.25. The number of halogens is 1. The number of rotatable bonds is 6. The molecule has 0 saturated carbocycles. The summed E-state index contributed by atoms with van der Waals surface area (Å²) in [5.74, 6) is -2.24. The lowest BCUT2D eigenvalue weighted by molar-refractivity contribution is -0.141. The van der Waals surface area contributed by atoms with Crippen molar-refractivity contribution >= 4 is 11.9 Å². The van der Waals surface area contributed by atoms with Gasteiger partial charge in [0, 0.05) is 13.6 Å². The molecule has 1 heterocycles. The SMILES string of the molecule is CCc1c(C(=O)N(C)CC(C)C(=O)O)cnn1-c1ccc(F)cc1. The minimum Gasteiger partial charge on any atom is -0.481 e. The van der Waals surface area contributed by atoms with Crippen LogP contribution in [0.4, 0.5) is 4.39 Å². The molecule has 0 aliphatic carbocycles. The zero-order valence-corrected chi connectivity index (χ0v) is 13.9. The molecule has 1 aromatic heterocycles. The molecule has 0 aliphatic heterocycles. The monoisotopic (exact) mass is 333 g/mol. The summed E-state index contributed by atoms with van der Waals surface area (Å²) >= 11 is 0. The highest BCUT2D eigenvalue weighted by atomic mass is 19.1. The molecule has 24 heavy (non-hydrogen) atoms. The van der Waals surface area contributed by atoms with E-state index in [1.807, 2.05) is 6.92 Å². The van der Waals surface area contributed by atoms with Crippen LogP contribution < -0.4 is 0 Å². The predicted octanol–water partition coefficient (Wildman–Crippen LogP) is 2.37. The van der Waals surface area contributed by atoms with Gasteiger partial charge >= 0.3 is 5.97 Å². The van der Waals surface area contributed by atoms with Crippen LogP contribution in [0.25, 0.3) is 5.69 Å². The van der Waals surface area contributed by atoms with E-state index in [1.54, 1.807) is 30.8 Å². The number of carbonyl (C=O) groups excluding carboxylic acids is 1. The van der Waals surface area contributed by atoms with Gasteiger partial charge in [-0.1, -0.05) is 13.8 Å². The number of hydrogen-bond acceptors (Lipinski definition) is 3. The van der Waals surface area contributed by atoms with E-state index in [-0.39, 0.29) is 18.3 Å². The second-order valence-corrected chi connectivity index (χ2v) is 5.67. The summed E-state index contributed by atoms with van der Waals surface area (Å²) < 4.78 is 14.7.